The lowest BCUT2D eigenvalue weighted by molar-refractivity contribution is 0.0593. The zero-order chi connectivity index (χ0) is 14.7. The molecule has 0 spiro atoms. The van der Waals surface area contributed by atoms with Crippen LogP contribution in [-0.4, -0.2) is 18.1 Å². The quantitative estimate of drug-likeness (QED) is 0.872. The van der Waals surface area contributed by atoms with Crippen LogP contribution in [0.2, 0.25) is 0 Å². The third-order valence-electron chi connectivity index (χ3n) is 2.65. The Kier molecular flexibility index (Phi) is 3.84. The summed E-state index contributed by atoms with van der Waals surface area (Å²) in [5.41, 5.74) is 6.37. The minimum absolute atomic E-state index is 0.00813. The number of pyridine rings is 1. The van der Waals surface area contributed by atoms with E-state index in [0.29, 0.717) is 5.56 Å². The number of hydrogen-bond donors (Lipinski definition) is 1. The Labute approximate surface area is 115 Å². The van der Waals surface area contributed by atoms with Crippen LogP contribution in [0.4, 0.5) is 10.1 Å². The molecule has 20 heavy (non-hydrogen) atoms. The lowest BCUT2D eigenvalue weighted by Gasteiger charge is -2.10. The van der Waals surface area contributed by atoms with Crippen LogP contribution < -0.4 is 10.5 Å². The predicted octanol–water partition coefficient (Wildman–Crippen LogP) is 2.69. The topological polar surface area (TPSA) is 74.4 Å². The maximum Gasteiger partial charge on any atom is 0.356 e. The van der Waals surface area contributed by atoms with Gasteiger partial charge in [0, 0.05) is 0 Å². The number of carbonyl (C=O) groups excluding carboxylic acids is 1. The molecule has 104 valence electrons. The molecule has 0 amide bonds. The van der Waals surface area contributed by atoms with E-state index in [9.17, 15) is 9.18 Å². The van der Waals surface area contributed by atoms with Crippen LogP contribution in [0.1, 0.15) is 16.1 Å². The van der Waals surface area contributed by atoms with Gasteiger partial charge in [0.2, 0.25) is 5.88 Å². The van der Waals surface area contributed by atoms with Crippen molar-refractivity contribution in [2.75, 3.05) is 12.8 Å². The monoisotopic (exact) mass is 276 g/mol. The summed E-state index contributed by atoms with van der Waals surface area (Å²) in [6.45, 7) is 1.61. The van der Waals surface area contributed by atoms with E-state index in [0.717, 1.165) is 0 Å². The summed E-state index contributed by atoms with van der Waals surface area (Å²) in [6.07, 6.45) is 0. The summed E-state index contributed by atoms with van der Waals surface area (Å²) in [5, 5.41) is 0. The first-order chi connectivity index (χ1) is 9.52. The van der Waals surface area contributed by atoms with Crippen LogP contribution in [0.5, 0.6) is 11.6 Å². The van der Waals surface area contributed by atoms with E-state index >= 15 is 0 Å². The Bertz CT molecular complexity index is 659. The van der Waals surface area contributed by atoms with Gasteiger partial charge in [-0.25, -0.2) is 14.2 Å². The molecule has 0 bridgehead atoms. The maximum absolute atomic E-state index is 13.9. The normalized spacial score (nSPS) is 10.2. The van der Waals surface area contributed by atoms with E-state index in [1.807, 2.05) is 0 Å². The number of esters is 1. The number of carbonyl (C=O) groups is 1. The predicted molar refractivity (Wildman–Crippen MR) is 71.2 cm³/mol. The molecule has 0 aliphatic carbocycles. The third-order valence-corrected chi connectivity index (χ3v) is 2.65. The average molecular weight is 276 g/mol. The van der Waals surface area contributed by atoms with Gasteiger partial charge < -0.3 is 15.2 Å². The molecule has 6 heteroatoms. The molecule has 0 atom stereocenters. The molecule has 0 aliphatic rings. The molecular weight excluding hydrogens is 263 g/mol. The van der Waals surface area contributed by atoms with E-state index in [1.165, 1.54) is 25.3 Å². The first-order valence-electron chi connectivity index (χ1n) is 5.80. The van der Waals surface area contributed by atoms with Crippen molar-refractivity contribution < 1.29 is 18.7 Å². The largest absolute Gasteiger partial charge is 0.464 e. The van der Waals surface area contributed by atoms with Gasteiger partial charge in [0.1, 0.15) is 0 Å². The molecule has 0 saturated carbocycles. The number of aryl methyl sites for hydroxylation is 1. The minimum atomic E-state index is -0.625. The second-order valence-electron chi connectivity index (χ2n) is 4.07. The molecule has 0 fully saturated rings. The van der Waals surface area contributed by atoms with Gasteiger partial charge in [-0.3, -0.25) is 0 Å². The van der Waals surface area contributed by atoms with Gasteiger partial charge in [-0.2, -0.15) is 0 Å². The molecule has 0 radical (unpaired) electrons. The molecule has 0 aliphatic heterocycles. The molecular formula is C14H13FN2O3. The van der Waals surface area contributed by atoms with Crippen LogP contribution in [-0.2, 0) is 4.74 Å². The molecule has 2 N–H and O–H groups in total. The minimum Gasteiger partial charge on any atom is -0.464 e. The number of nitrogen functional groups attached to an aromatic ring is 1. The second kappa shape index (κ2) is 5.56. The van der Waals surface area contributed by atoms with Gasteiger partial charge in [-0.1, -0.05) is 12.1 Å². The summed E-state index contributed by atoms with van der Waals surface area (Å²) in [5.74, 6) is -1.18. The Morgan fingerprint density at radius 1 is 1.30 bits per heavy atom. The lowest BCUT2D eigenvalue weighted by atomic mass is 10.2. The fraction of sp³-hybridized carbons (Fsp3) is 0.143. The highest BCUT2D eigenvalue weighted by molar-refractivity contribution is 5.87. The number of methoxy groups -OCH3 is 1. The van der Waals surface area contributed by atoms with Gasteiger partial charge in [-0.15, -0.1) is 0 Å². The van der Waals surface area contributed by atoms with Crippen molar-refractivity contribution in [2.24, 2.45) is 0 Å². The summed E-state index contributed by atoms with van der Waals surface area (Å²) in [6, 6.07) is 7.56. The average Bonchev–Trinajstić information content (AvgIpc) is 2.45. The number of hydrogen-bond acceptors (Lipinski definition) is 5. The molecule has 1 aromatic heterocycles. The van der Waals surface area contributed by atoms with Crippen molar-refractivity contribution in [1.82, 2.24) is 4.98 Å². The number of nitrogens with two attached hydrogens (primary N) is 1. The van der Waals surface area contributed by atoms with Gasteiger partial charge >= 0.3 is 5.97 Å². The number of benzene rings is 1. The summed E-state index contributed by atoms with van der Waals surface area (Å²) < 4.78 is 23.7. The Morgan fingerprint density at radius 3 is 2.75 bits per heavy atom. The van der Waals surface area contributed by atoms with E-state index < -0.39 is 11.8 Å². The van der Waals surface area contributed by atoms with Crippen LogP contribution >= 0.6 is 0 Å². The highest BCUT2D eigenvalue weighted by Crippen LogP contribution is 2.28. The Hall–Kier alpha value is -2.63. The van der Waals surface area contributed by atoms with Gasteiger partial charge in [0.15, 0.2) is 17.3 Å². The van der Waals surface area contributed by atoms with E-state index in [4.69, 9.17) is 10.5 Å². The molecule has 2 aromatic rings. The van der Waals surface area contributed by atoms with E-state index in [2.05, 4.69) is 9.72 Å². The summed E-state index contributed by atoms with van der Waals surface area (Å²) in [4.78, 5) is 15.3. The van der Waals surface area contributed by atoms with Gasteiger partial charge in [-0.05, 0) is 30.7 Å². The number of ether oxygens (including phenoxy) is 2. The van der Waals surface area contributed by atoms with Crippen molar-refractivity contribution in [2.45, 2.75) is 6.92 Å². The van der Waals surface area contributed by atoms with Crippen molar-refractivity contribution in [3.8, 4) is 11.6 Å². The molecule has 0 unspecified atom stereocenters. The standard InChI is InChI=1S/C14H13FN2O3/c1-8-4-3-5-11(12(8)15)20-13-9(16)6-7-10(17-13)14(18)19-2/h3-7H,16H2,1-2H3. The van der Waals surface area contributed by atoms with Crippen molar-refractivity contribution in [1.29, 1.82) is 0 Å². The van der Waals surface area contributed by atoms with Gasteiger partial charge in [0.25, 0.3) is 0 Å². The lowest BCUT2D eigenvalue weighted by Crippen LogP contribution is -2.06. The molecule has 1 heterocycles. The van der Waals surface area contributed by atoms with Crippen molar-refractivity contribution in [3.05, 3.63) is 47.4 Å². The number of halogens is 1. The van der Waals surface area contributed by atoms with Crippen molar-refractivity contribution >= 4 is 11.7 Å². The molecule has 0 saturated heterocycles. The first kappa shape index (κ1) is 13.8. The van der Waals surface area contributed by atoms with Crippen LogP contribution in [0.15, 0.2) is 30.3 Å². The highest BCUT2D eigenvalue weighted by atomic mass is 19.1. The molecule has 1 aromatic carbocycles. The number of aromatic nitrogens is 1. The first-order valence-corrected chi connectivity index (χ1v) is 5.80. The second-order valence-corrected chi connectivity index (χ2v) is 4.07. The number of rotatable bonds is 3. The maximum atomic E-state index is 13.9. The third kappa shape index (κ3) is 2.69. The summed E-state index contributed by atoms with van der Waals surface area (Å²) in [7, 11) is 1.24. The zero-order valence-electron chi connectivity index (χ0n) is 11.0. The number of nitrogens with zero attached hydrogens (tertiary/aromatic N) is 1. The Morgan fingerprint density at radius 2 is 2.05 bits per heavy atom. The SMILES string of the molecule is COC(=O)c1ccc(N)c(Oc2cccc(C)c2F)n1. The van der Waals surface area contributed by atoms with E-state index in [-0.39, 0.29) is 23.0 Å². The molecule has 2 rings (SSSR count). The number of anilines is 1. The van der Waals surface area contributed by atoms with Gasteiger partial charge in [0.05, 0.1) is 12.8 Å². The zero-order valence-corrected chi connectivity index (χ0v) is 11.0. The summed E-state index contributed by atoms with van der Waals surface area (Å²) >= 11 is 0. The van der Waals surface area contributed by atoms with E-state index in [1.54, 1.807) is 19.1 Å². The fourth-order valence-corrected chi connectivity index (χ4v) is 1.55. The smallest absolute Gasteiger partial charge is 0.356 e. The Balaban J connectivity index is 2.38. The molecule has 5 nitrogen and oxygen atoms in total. The van der Waals surface area contributed by atoms with Crippen molar-refractivity contribution in [3.63, 3.8) is 0 Å². The fourth-order valence-electron chi connectivity index (χ4n) is 1.55. The van der Waals surface area contributed by atoms with Crippen LogP contribution in [0.25, 0.3) is 0 Å². The van der Waals surface area contributed by atoms with Crippen LogP contribution in [0, 0.1) is 12.7 Å². The highest BCUT2D eigenvalue weighted by Gasteiger charge is 2.14. The van der Waals surface area contributed by atoms with Crippen LogP contribution in [0.3, 0.4) is 0 Å².